The molecule has 0 aromatic heterocycles. The Morgan fingerprint density at radius 1 is 1.12 bits per heavy atom. The van der Waals surface area contributed by atoms with Gasteiger partial charge < -0.3 is 14.2 Å². The van der Waals surface area contributed by atoms with Crippen LogP contribution in [-0.4, -0.2) is 31.9 Å². The fourth-order valence-electron chi connectivity index (χ4n) is 3.22. The van der Waals surface area contributed by atoms with E-state index in [-0.39, 0.29) is 11.7 Å². The first-order valence-corrected chi connectivity index (χ1v) is 8.68. The number of hydrogen-bond acceptors (Lipinski definition) is 5. The number of carbonyl (C=O) groups excluding carboxylic acids is 2. The van der Waals surface area contributed by atoms with Gasteiger partial charge in [0, 0.05) is 5.56 Å². The number of rotatable bonds is 5. The third-order valence-electron chi connectivity index (χ3n) is 5.06. The summed E-state index contributed by atoms with van der Waals surface area (Å²) in [7, 11) is 3.10. The van der Waals surface area contributed by atoms with Crippen LogP contribution in [0.1, 0.15) is 33.3 Å². The van der Waals surface area contributed by atoms with E-state index in [1.54, 1.807) is 60.1 Å². The lowest BCUT2D eigenvalue weighted by Gasteiger charge is -2.36. The van der Waals surface area contributed by atoms with Gasteiger partial charge >= 0.3 is 5.97 Å². The summed E-state index contributed by atoms with van der Waals surface area (Å²) in [6, 6.07) is 5.29. The molecule has 0 saturated heterocycles. The lowest BCUT2D eigenvalue weighted by atomic mass is 9.66. The first kappa shape index (κ1) is 20.0. The number of ketones is 1. The van der Waals surface area contributed by atoms with Crippen LogP contribution in [0.3, 0.4) is 0 Å². The third kappa shape index (κ3) is 3.12. The summed E-state index contributed by atoms with van der Waals surface area (Å²) in [6.45, 7) is 7.07. The Bertz CT molecular complexity index is 821. The Balaban J connectivity index is 2.77. The molecule has 26 heavy (non-hydrogen) atoms. The van der Waals surface area contributed by atoms with E-state index in [1.807, 2.05) is 0 Å². The molecular formula is C20H23ClO5. The summed E-state index contributed by atoms with van der Waals surface area (Å²) in [5.74, 6) is 0.616. The van der Waals surface area contributed by atoms with E-state index in [1.165, 1.54) is 0 Å². The minimum atomic E-state index is -1.06. The number of Topliss-reactive ketones (excluding diaryl/α,β-unsaturated/α-hetero) is 1. The molecule has 0 amide bonds. The van der Waals surface area contributed by atoms with Crippen LogP contribution in [0.2, 0.25) is 0 Å². The molecule has 0 bridgehead atoms. The van der Waals surface area contributed by atoms with Crippen molar-refractivity contribution in [2.24, 2.45) is 0 Å². The summed E-state index contributed by atoms with van der Waals surface area (Å²) in [6.07, 6.45) is 0. The molecule has 1 atom stereocenters. The van der Waals surface area contributed by atoms with E-state index in [0.717, 1.165) is 0 Å². The Morgan fingerprint density at radius 2 is 1.77 bits per heavy atom. The topological polar surface area (TPSA) is 61.8 Å². The van der Waals surface area contributed by atoms with Gasteiger partial charge in [0.15, 0.2) is 5.78 Å². The van der Waals surface area contributed by atoms with Crippen molar-refractivity contribution in [2.75, 3.05) is 20.1 Å². The van der Waals surface area contributed by atoms with Gasteiger partial charge in [-0.2, -0.15) is 0 Å². The Labute approximate surface area is 158 Å². The third-order valence-corrected chi connectivity index (χ3v) is 5.28. The van der Waals surface area contributed by atoms with Gasteiger partial charge in [-0.1, -0.05) is 0 Å². The predicted octanol–water partition coefficient (Wildman–Crippen LogP) is 3.94. The van der Waals surface area contributed by atoms with Crippen LogP contribution in [0, 0.1) is 0 Å². The highest BCUT2D eigenvalue weighted by molar-refractivity contribution is 6.26. The molecule has 0 fully saturated rings. The van der Waals surface area contributed by atoms with Gasteiger partial charge in [0.1, 0.15) is 23.1 Å². The highest BCUT2D eigenvalue weighted by atomic mass is 35.5. The molecule has 0 radical (unpaired) electrons. The van der Waals surface area contributed by atoms with Crippen molar-refractivity contribution in [3.8, 4) is 11.5 Å². The average molecular weight is 379 g/mol. The number of halogens is 1. The van der Waals surface area contributed by atoms with E-state index in [2.05, 4.69) is 0 Å². The maximum absolute atomic E-state index is 13.3. The summed E-state index contributed by atoms with van der Waals surface area (Å²) in [5.41, 5.74) is 1.36. The summed E-state index contributed by atoms with van der Waals surface area (Å²) in [4.78, 5) is 25.1. The highest BCUT2D eigenvalue weighted by Crippen LogP contribution is 2.47. The van der Waals surface area contributed by atoms with Gasteiger partial charge in [-0.25, -0.2) is 0 Å². The van der Waals surface area contributed by atoms with Crippen molar-refractivity contribution in [3.05, 3.63) is 46.2 Å². The Hall–Kier alpha value is -2.27. The first-order valence-electron chi connectivity index (χ1n) is 8.15. The number of methoxy groups -OCH3 is 2. The van der Waals surface area contributed by atoms with Gasteiger partial charge in [0.25, 0.3) is 0 Å². The number of hydrogen-bond donors (Lipinski definition) is 0. The molecule has 0 aliphatic heterocycles. The summed E-state index contributed by atoms with van der Waals surface area (Å²) in [5, 5.41) is 0. The second kappa shape index (κ2) is 7.54. The molecule has 6 heteroatoms. The molecule has 140 valence electrons. The zero-order valence-electron chi connectivity index (χ0n) is 15.9. The monoisotopic (exact) mass is 378 g/mol. The second-order valence-electron chi connectivity index (χ2n) is 6.33. The van der Waals surface area contributed by atoms with Crippen molar-refractivity contribution in [1.82, 2.24) is 0 Å². The number of esters is 1. The standard InChI is InChI=1S/C20H23ClO5/c1-11-12(2)19(23)20(4,13(3)18(11)26-17(22)10-21)15-9-14(24-5)7-8-16(15)25-6/h7-9H,10H2,1-6H3. The molecular weight excluding hydrogens is 356 g/mol. The number of ether oxygens (including phenoxy) is 3. The Morgan fingerprint density at radius 3 is 2.31 bits per heavy atom. The molecule has 1 aliphatic rings. The molecule has 1 aromatic rings. The zero-order valence-corrected chi connectivity index (χ0v) is 16.6. The van der Waals surface area contributed by atoms with Crippen molar-refractivity contribution in [3.63, 3.8) is 0 Å². The summed E-state index contributed by atoms with van der Waals surface area (Å²) >= 11 is 5.59. The average Bonchev–Trinajstić information content (AvgIpc) is 2.67. The summed E-state index contributed by atoms with van der Waals surface area (Å²) < 4.78 is 16.3. The maximum atomic E-state index is 13.3. The fraction of sp³-hybridized carbons (Fsp3) is 0.400. The van der Waals surface area contributed by atoms with Crippen LogP contribution in [0.5, 0.6) is 11.5 Å². The van der Waals surface area contributed by atoms with Gasteiger partial charge in [-0.05, 0) is 62.6 Å². The second-order valence-corrected chi connectivity index (χ2v) is 6.60. The number of benzene rings is 1. The van der Waals surface area contributed by atoms with Crippen LogP contribution in [-0.2, 0) is 19.7 Å². The first-order chi connectivity index (χ1) is 12.2. The highest BCUT2D eigenvalue weighted by Gasteiger charge is 2.45. The molecule has 5 nitrogen and oxygen atoms in total. The maximum Gasteiger partial charge on any atom is 0.326 e. The lowest BCUT2D eigenvalue weighted by molar-refractivity contribution is -0.136. The van der Waals surface area contributed by atoms with E-state index in [4.69, 9.17) is 25.8 Å². The minimum absolute atomic E-state index is 0.0790. The molecule has 2 rings (SSSR count). The lowest BCUT2D eigenvalue weighted by Crippen LogP contribution is -2.39. The van der Waals surface area contributed by atoms with Crippen LogP contribution in [0.4, 0.5) is 0 Å². The quantitative estimate of drug-likeness (QED) is 0.573. The van der Waals surface area contributed by atoms with Crippen molar-refractivity contribution in [1.29, 1.82) is 0 Å². The van der Waals surface area contributed by atoms with E-state index < -0.39 is 11.4 Å². The predicted molar refractivity (Wildman–Crippen MR) is 99.8 cm³/mol. The normalized spacial score (nSPS) is 20.3. The smallest absolute Gasteiger partial charge is 0.326 e. The number of allylic oxidation sites excluding steroid dienone is 3. The molecule has 0 N–H and O–H groups in total. The minimum Gasteiger partial charge on any atom is -0.497 e. The van der Waals surface area contributed by atoms with E-state index in [9.17, 15) is 9.59 Å². The van der Waals surface area contributed by atoms with Crippen molar-refractivity contribution < 1.29 is 23.8 Å². The largest absolute Gasteiger partial charge is 0.497 e. The van der Waals surface area contributed by atoms with Gasteiger partial charge in [0.05, 0.1) is 19.6 Å². The fourth-order valence-corrected chi connectivity index (χ4v) is 3.27. The number of alkyl halides is 1. The molecule has 1 aromatic carbocycles. The van der Waals surface area contributed by atoms with Crippen molar-refractivity contribution >= 4 is 23.4 Å². The molecule has 1 unspecified atom stereocenters. The van der Waals surface area contributed by atoms with E-state index in [0.29, 0.717) is 39.5 Å². The molecule has 0 spiro atoms. The van der Waals surface area contributed by atoms with Crippen LogP contribution < -0.4 is 9.47 Å². The molecule has 0 saturated carbocycles. The van der Waals surface area contributed by atoms with Crippen LogP contribution >= 0.6 is 11.6 Å². The number of carbonyl (C=O) groups is 2. The van der Waals surface area contributed by atoms with Crippen LogP contribution in [0.15, 0.2) is 40.7 Å². The SMILES string of the molecule is COc1ccc(OC)c(C2(C)C(=O)C(C)=C(C)C(OC(=O)CCl)=C2C)c1. The van der Waals surface area contributed by atoms with Gasteiger partial charge in [0.2, 0.25) is 0 Å². The molecule has 0 heterocycles. The zero-order chi connectivity index (χ0) is 19.6. The molecule has 1 aliphatic carbocycles. The van der Waals surface area contributed by atoms with Crippen LogP contribution in [0.25, 0.3) is 0 Å². The van der Waals surface area contributed by atoms with Crippen molar-refractivity contribution in [2.45, 2.75) is 33.1 Å². The Kier molecular flexibility index (Phi) is 5.81. The van der Waals surface area contributed by atoms with Gasteiger partial charge in [-0.3, -0.25) is 9.59 Å². The van der Waals surface area contributed by atoms with E-state index >= 15 is 0 Å². The van der Waals surface area contributed by atoms with Gasteiger partial charge in [-0.15, -0.1) is 11.6 Å².